The van der Waals surface area contributed by atoms with Gasteiger partial charge in [0.25, 0.3) is 5.91 Å². The molecule has 5 heteroatoms. The SMILES string of the molecule is CN=C1C(=O)Nc2cnc3ncccc3c21. The minimum Gasteiger partial charge on any atom is -0.319 e. The third-order valence-electron chi connectivity index (χ3n) is 2.56. The van der Waals surface area contributed by atoms with Crippen LogP contribution in [0.3, 0.4) is 0 Å². The Morgan fingerprint density at radius 1 is 1.38 bits per heavy atom. The van der Waals surface area contributed by atoms with Gasteiger partial charge in [0.1, 0.15) is 5.71 Å². The molecule has 16 heavy (non-hydrogen) atoms. The van der Waals surface area contributed by atoms with Crippen molar-refractivity contribution in [3.8, 4) is 0 Å². The number of aromatic nitrogens is 2. The molecule has 0 aromatic carbocycles. The molecule has 3 heterocycles. The Balaban J connectivity index is 2.44. The van der Waals surface area contributed by atoms with Crippen molar-refractivity contribution in [1.29, 1.82) is 0 Å². The number of hydrogen-bond acceptors (Lipinski definition) is 4. The predicted octanol–water partition coefficient (Wildman–Crippen LogP) is 1.00. The quantitative estimate of drug-likeness (QED) is 0.708. The predicted molar refractivity (Wildman–Crippen MR) is 60.6 cm³/mol. The minimum atomic E-state index is -0.185. The van der Waals surface area contributed by atoms with E-state index >= 15 is 0 Å². The van der Waals surface area contributed by atoms with E-state index in [-0.39, 0.29) is 5.91 Å². The van der Waals surface area contributed by atoms with Crippen LogP contribution in [-0.4, -0.2) is 28.6 Å². The molecule has 2 aromatic heterocycles. The summed E-state index contributed by atoms with van der Waals surface area (Å²) in [6, 6.07) is 3.71. The van der Waals surface area contributed by atoms with Gasteiger partial charge in [-0.15, -0.1) is 0 Å². The van der Waals surface area contributed by atoms with Gasteiger partial charge in [0.15, 0.2) is 5.65 Å². The molecule has 0 aliphatic carbocycles. The van der Waals surface area contributed by atoms with Crippen LogP contribution in [0, 0.1) is 0 Å². The molecule has 0 fully saturated rings. The van der Waals surface area contributed by atoms with E-state index in [1.54, 1.807) is 19.4 Å². The smallest absolute Gasteiger partial charge is 0.274 e. The molecule has 3 rings (SSSR count). The van der Waals surface area contributed by atoms with Gasteiger partial charge in [-0.05, 0) is 12.1 Å². The number of carbonyl (C=O) groups is 1. The fourth-order valence-corrected chi connectivity index (χ4v) is 1.89. The van der Waals surface area contributed by atoms with Crippen molar-refractivity contribution in [2.24, 2.45) is 4.99 Å². The summed E-state index contributed by atoms with van der Waals surface area (Å²) in [7, 11) is 1.60. The molecule has 1 amide bonds. The maximum absolute atomic E-state index is 11.6. The van der Waals surface area contributed by atoms with Gasteiger partial charge in [-0.2, -0.15) is 0 Å². The number of anilines is 1. The first-order valence-electron chi connectivity index (χ1n) is 4.83. The highest BCUT2D eigenvalue weighted by Crippen LogP contribution is 2.28. The maximum Gasteiger partial charge on any atom is 0.274 e. The number of carbonyl (C=O) groups excluding carboxylic acids is 1. The van der Waals surface area contributed by atoms with E-state index in [9.17, 15) is 4.79 Å². The van der Waals surface area contributed by atoms with Crippen molar-refractivity contribution in [1.82, 2.24) is 9.97 Å². The highest BCUT2D eigenvalue weighted by Gasteiger charge is 2.27. The number of fused-ring (bicyclic) bond motifs is 3. The second-order valence-corrected chi connectivity index (χ2v) is 3.45. The number of nitrogens with zero attached hydrogens (tertiary/aromatic N) is 3. The lowest BCUT2D eigenvalue weighted by atomic mass is 10.1. The van der Waals surface area contributed by atoms with Crippen LogP contribution in [0.1, 0.15) is 5.56 Å². The summed E-state index contributed by atoms with van der Waals surface area (Å²) in [5.41, 5.74) is 2.56. The molecule has 0 bridgehead atoms. The van der Waals surface area contributed by atoms with E-state index in [0.717, 1.165) is 10.9 Å². The molecule has 0 unspecified atom stereocenters. The van der Waals surface area contributed by atoms with Gasteiger partial charge in [0.2, 0.25) is 0 Å². The molecule has 78 valence electrons. The molecule has 0 spiro atoms. The molecule has 1 aliphatic heterocycles. The van der Waals surface area contributed by atoms with E-state index in [1.807, 2.05) is 12.1 Å². The van der Waals surface area contributed by atoms with Crippen LogP contribution >= 0.6 is 0 Å². The largest absolute Gasteiger partial charge is 0.319 e. The van der Waals surface area contributed by atoms with Crippen molar-refractivity contribution in [3.63, 3.8) is 0 Å². The van der Waals surface area contributed by atoms with Crippen molar-refractivity contribution < 1.29 is 4.79 Å². The van der Waals surface area contributed by atoms with Crippen LogP contribution in [0.5, 0.6) is 0 Å². The summed E-state index contributed by atoms with van der Waals surface area (Å²) in [4.78, 5) is 23.9. The average Bonchev–Trinajstić information content (AvgIpc) is 2.65. The summed E-state index contributed by atoms with van der Waals surface area (Å²) in [6.07, 6.45) is 3.29. The lowest BCUT2D eigenvalue weighted by molar-refractivity contribution is -0.110. The molecule has 0 saturated heterocycles. The zero-order valence-electron chi connectivity index (χ0n) is 8.56. The molecule has 0 radical (unpaired) electrons. The number of aliphatic imine (C=N–C) groups is 1. The van der Waals surface area contributed by atoms with E-state index in [1.165, 1.54) is 0 Å². The van der Waals surface area contributed by atoms with Gasteiger partial charge in [-0.25, -0.2) is 9.97 Å². The van der Waals surface area contributed by atoms with Crippen LogP contribution in [0.15, 0.2) is 29.5 Å². The fourth-order valence-electron chi connectivity index (χ4n) is 1.89. The maximum atomic E-state index is 11.6. The van der Waals surface area contributed by atoms with E-state index in [0.29, 0.717) is 17.0 Å². The molecule has 1 N–H and O–H groups in total. The second-order valence-electron chi connectivity index (χ2n) is 3.45. The number of rotatable bonds is 0. The van der Waals surface area contributed by atoms with Crippen molar-refractivity contribution in [2.75, 3.05) is 12.4 Å². The average molecular weight is 212 g/mol. The van der Waals surface area contributed by atoms with E-state index in [2.05, 4.69) is 20.3 Å². The summed E-state index contributed by atoms with van der Waals surface area (Å²) < 4.78 is 0. The minimum absolute atomic E-state index is 0.185. The third-order valence-corrected chi connectivity index (χ3v) is 2.56. The summed E-state index contributed by atoms with van der Waals surface area (Å²) >= 11 is 0. The summed E-state index contributed by atoms with van der Waals surface area (Å²) in [6.45, 7) is 0. The normalized spacial score (nSPS) is 16.6. The lowest BCUT2D eigenvalue weighted by Gasteiger charge is -2.01. The van der Waals surface area contributed by atoms with E-state index in [4.69, 9.17) is 0 Å². The highest BCUT2D eigenvalue weighted by atomic mass is 16.2. The standard InChI is InChI=1S/C11H8N4O/c1-12-9-8-6-3-2-4-13-10(6)14-5-7(8)15-11(9)16/h2-5H,1H3,(H,12,15,16). The molecule has 0 atom stereocenters. The van der Waals surface area contributed by atoms with Crippen LogP contribution < -0.4 is 5.32 Å². The Labute approximate surface area is 91.2 Å². The lowest BCUT2D eigenvalue weighted by Crippen LogP contribution is -2.14. The van der Waals surface area contributed by atoms with Crippen molar-refractivity contribution in [3.05, 3.63) is 30.1 Å². The topological polar surface area (TPSA) is 67.2 Å². The van der Waals surface area contributed by atoms with Crippen LogP contribution in [-0.2, 0) is 4.79 Å². The Morgan fingerprint density at radius 3 is 3.06 bits per heavy atom. The third kappa shape index (κ3) is 1.05. The molecule has 1 aliphatic rings. The first-order chi connectivity index (χ1) is 7.81. The first kappa shape index (κ1) is 8.96. The summed E-state index contributed by atoms with van der Waals surface area (Å²) in [5.74, 6) is -0.185. The Bertz CT molecular complexity index is 633. The van der Waals surface area contributed by atoms with Gasteiger partial charge in [0.05, 0.1) is 11.9 Å². The molecular weight excluding hydrogens is 204 g/mol. The Hall–Kier alpha value is -2.30. The van der Waals surface area contributed by atoms with Crippen LogP contribution in [0.4, 0.5) is 5.69 Å². The second kappa shape index (κ2) is 3.10. The monoisotopic (exact) mass is 212 g/mol. The van der Waals surface area contributed by atoms with Crippen LogP contribution in [0.25, 0.3) is 11.0 Å². The zero-order valence-corrected chi connectivity index (χ0v) is 8.56. The number of amides is 1. The van der Waals surface area contributed by atoms with Gasteiger partial charge < -0.3 is 5.32 Å². The Morgan fingerprint density at radius 2 is 2.25 bits per heavy atom. The van der Waals surface area contributed by atoms with Gasteiger partial charge >= 0.3 is 0 Å². The zero-order chi connectivity index (χ0) is 11.1. The van der Waals surface area contributed by atoms with Crippen molar-refractivity contribution >= 4 is 28.3 Å². The number of pyridine rings is 2. The molecule has 2 aromatic rings. The number of nitrogens with one attached hydrogen (secondary N) is 1. The van der Waals surface area contributed by atoms with Crippen molar-refractivity contribution in [2.45, 2.75) is 0 Å². The van der Waals surface area contributed by atoms with Gasteiger partial charge in [-0.3, -0.25) is 9.79 Å². The molecule has 5 nitrogen and oxygen atoms in total. The molecule has 0 saturated carbocycles. The van der Waals surface area contributed by atoms with Gasteiger partial charge in [-0.1, -0.05) is 0 Å². The number of hydrogen-bond donors (Lipinski definition) is 1. The molecular formula is C11H8N4O. The van der Waals surface area contributed by atoms with E-state index < -0.39 is 0 Å². The Kier molecular flexibility index (Phi) is 1.73. The fraction of sp³-hybridized carbons (Fsp3) is 0.0909. The first-order valence-corrected chi connectivity index (χ1v) is 4.83. The summed E-state index contributed by atoms with van der Waals surface area (Å²) in [5, 5.41) is 3.58. The highest BCUT2D eigenvalue weighted by molar-refractivity contribution is 6.55. The van der Waals surface area contributed by atoms with Gasteiger partial charge in [0, 0.05) is 24.2 Å². The van der Waals surface area contributed by atoms with Crippen LogP contribution in [0.2, 0.25) is 0 Å².